The predicted octanol–water partition coefficient (Wildman–Crippen LogP) is 3.22. The second-order valence-electron chi connectivity index (χ2n) is 7.32. The van der Waals surface area contributed by atoms with Gasteiger partial charge in [0.15, 0.2) is 0 Å². The maximum absolute atomic E-state index is 10.3. The minimum absolute atomic E-state index is 0.163. The highest BCUT2D eigenvalue weighted by molar-refractivity contribution is 5.62. The third kappa shape index (κ3) is 4.43. The summed E-state index contributed by atoms with van der Waals surface area (Å²) in [5.41, 5.74) is 3.16. The fourth-order valence-corrected chi connectivity index (χ4v) is 3.03. The van der Waals surface area contributed by atoms with E-state index in [2.05, 4.69) is 56.4 Å². The summed E-state index contributed by atoms with van der Waals surface area (Å²) < 4.78 is 1.85. The summed E-state index contributed by atoms with van der Waals surface area (Å²) in [4.78, 5) is 0. The molecule has 4 nitrogen and oxygen atoms in total. The quantitative estimate of drug-likeness (QED) is 0.825. The van der Waals surface area contributed by atoms with Gasteiger partial charge >= 0.3 is 0 Å². The first-order chi connectivity index (χ1) is 10.8. The van der Waals surface area contributed by atoms with Crippen LogP contribution in [0.4, 0.5) is 0 Å². The van der Waals surface area contributed by atoms with Crippen molar-refractivity contribution in [3.05, 3.63) is 42.1 Å². The molecule has 2 rings (SSSR count). The van der Waals surface area contributed by atoms with Gasteiger partial charge in [-0.25, -0.2) is 0 Å². The van der Waals surface area contributed by atoms with Crippen molar-refractivity contribution in [1.82, 2.24) is 15.1 Å². The Hall–Kier alpha value is -1.65. The molecule has 23 heavy (non-hydrogen) atoms. The number of aliphatic hydroxyl groups is 1. The molecule has 2 aromatic rings. The molecule has 0 bridgehead atoms. The van der Waals surface area contributed by atoms with Crippen LogP contribution in [0.15, 0.2) is 36.5 Å². The number of nitrogens with one attached hydrogen (secondary N) is 1. The summed E-state index contributed by atoms with van der Waals surface area (Å²) in [6, 6.07) is 10.2. The van der Waals surface area contributed by atoms with Crippen LogP contribution in [0, 0.1) is 11.3 Å². The molecular formula is C19H29N3O. The number of rotatable bonds is 7. The summed E-state index contributed by atoms with van der Waals surface area (Å²) in [5, 5.41) is 18.4. The molecule has 4 heteroatoms. The van der Waals surface area contributed by atoms with E-state index in [0.717, 1.165) is 24.3 Å². The second-order valence-corrected chi connectivity index (χ2v) is 7.32. The molecule has 0 spiro atoms. The molecule has 2 N–H and O–H groups in total. The molecule has 1 unspecified atom stereocenters. The van der Waals surface area contributed by atoms with Gasteiger partial charge in [0.25, 0.3) is 0 Å². The molecule has 1 aromatic heterocycles. The number of hydrogen-bond donors (Lipinski definition) is 2. The fraction of sp³-hybridized carbons (Fsp3) is 0.526. The van der Waals surface area contributed by atoms with Crippen LogP contribution in [0.25, 0.3) is 11.3 Å². The van der Waals surface area contributed by atoms with E-state index in [1.54, 1.807) is 0 Å². The van der Waals surface area contributed by atoms with Crippen molar-refractivity contribution in [2.24, 2.45) is 18.4 Å². The highest BCUT2D eigenvalue weighted by atomic mass is 16.3. The SMILES string of the molecule is CC(C)C(O)C(C)(C)CNCc1cn(C)nc1-c1ccccc1. The van der Waals surface area contributed by atoms with Crippen molar-refractivity contribution < 1.29 is 5.11 Å². The third-order valence-electron chi connectivity index (χ3n) is 4.28. The van der Waals surface area contributed by atoms with E-state index in [1.807, 2.05) is 29.9 Å². The first-order valence-corrected chi connectivity index (χ1v) is 8.28. The van der Waals surface area contributed by atoms with Crippen molar-refractivity contribution >= 4 is 0 Å². The van der Waals surface area contributed by atoms with Crippen LogP contribution in [0.5, 0.6) is 0 Å². The van der Waals surface area contributed by atoms with Crippen LogP contribution in [-0.2, 0) is 13.6 Å². The van der Waals surface area contributed by atoms with Crippen LogP contribution in [0.3, 0.4) is 0 Å². The van der Waals surface area contributed by atoms with Crippen LogP contribution < -0.4 is 5.32 Å². The van der Waals surface area contributed by atoms with Gasteiger partial charge in [0.05, 0.1) is 11.8 Å². The minimum Gasteiger partial charge on any atom is -0.392 e. The molecule has 0 aliphatic rings. The van der Waals surface area contributed by atoms with Gasteiger partial charge in [-0.3, -0.25) is 4.68 Å². The van der Waals surface area contributed by atoms with Gasteiger partial charge in [-0.05, 0) is 5.92 Å². The maximum atomic E-state index is 10.3. The van der Waals surface area contributed by atoms with E-state index in [-0.39, 0.29) is 17.4 Å². The zero-order valence-corrected chi connectivity index (χ0v) is 14.9. The summed E-state index contributed by atoms with van der Waals surface area (Å²) >= 11 is 0. The van der Waals surface area contributed by atoms with Gasteiger partial charge in [-0.15, -0.1) is 0 Å². The Morgan fingerprint density at radius 1 is 1.22 bits per heavy atom. The van der Waals surface area contributed by atoms with Gasteiger partial charge < -0.3 is 10.4 Å². The molecule has 0 aliphatic carbocycles. The lowest BCUT2D eigenvalue weighted by atomic mass is 9.80. The average Bonchev–Trinajstić information content (AvgIpc) is 2.88. The standard InChI is InChI=1S/C19H29N3O/c1-14(2)18(23)19(3,4)13-20-11-16-12-22(5)21-17(16)15-9-7-6-8-10-15/h6-10,12,14,18,20,23H,11,13H2,1-5H3. The molecule has 0 amide bonds. The Morgan fingerprint density at radius 2 is 1.87 bits per heavy atom. The number of aryl methyl sites for hydroxylation is 1. The van der Waals surface area contributed by atoms with Crippen LogP contribution in [-0.4, -0.2) is 27.5 Å². The average molecular weight is 315 g/mol. The Balaban J connectivity index is 2.05. The number of aromatic nitrogens is 2. The normalized spacial score (nSPS) is 13.5. The number of nitrogens with zero attached hydrogens (tertiary/aromatic N) is 2. The van der Waals surface area contributed by atoms with E-state index in [1.165, 1.54) is 5.56 Å². The predicted molar refractivity (Wildman–Crippen MR) is 95.0 cm³/mol. The molecule has 1 aromatic carbocycles. The monoisotopic (exact) mass is 315 g/mol. The Kier molecular flexibility index (Phi) is 5.60. The Labute approximate surface area is 139 Å². The van der Waals surface area contributed by atoms with E-state index < -0.39 is 0 Å². The van der Waals surface area contributed by atoms with Crippen molar-refractivity contribution in [2.75, 3.05) is 6.54 Å². The maximum Gasteiger partial charge on any atom is 0.0967 e. The lowest BCUT2D eigenvalue weighted by Crippen LogP contribution is -2.41. The molecule has 126 valence electrons. The Morgan fingerprint density at radius 3 is 2.48 bits per heavy atom. The van der Waals surface area contributed by atoms with Gasteiger partial charge in [0, 0.05) is 42.9 Å². The van der Waals surface area contributed by atoms with Crippen molar-refractivity contribution in [2.45, 2.75) is 40.3 Å². The van der Waals surface area contributed by atoms with Crippen LogP contribution in [0.1, 0.15) is 33.3 Å². The largest absolute Gasteiger partial charge is 0.392 e. The van der Waals surface area contributed by atoms with Gasteiger partial charge in [0.1, 0.15) is 0 Å². The highest BCUT2D eigenvalue weighted by Gasteiger charge is 2.29. The highest BCUT2D eigenvalue weighted by Crippen LogP contribution is 2.26. The molecule has 0 aliphatic heterocycles. The van der Waals surface area contributed by atoms with Crippen molar-refractivity contribution in [3.63, 3.8) is 0 Å². The summed E-state index contributed by atoms with van der Waals surface area (Å²) in [6.07, 6.45) is 1.73. The van der Waals surface area contributed by atoms with Crippen molar-refractivity contribution in [1.29, 1.82) is 0 Å². The molecule has 0 radical (unpaired) electrons. The Bertz CT molecular complexity index is 617. The lowest BCUT2D eigenvalue weighted by Gasteiger charge is -2.33. The second kappa shape index (κ2) is 7.28. The van der Waals surface area contributed by atoms with Crippen LogP contribution in [0.2, 0.25) is 0 Å². The molecule has 0 fully saturated rings. The van der Waals surface area contributed by atoms with Gasteiger partial charge in [-0.1, -0.05) is 58.0 Å². The lowest BCUT2D eigenvalue weighted by molar-refractivity contribution is 0.0134. The fourth-order valence-electron chi connectivity index (χ4n) is 3.03. The first-order valence-electron chi connectivity index (χ1n) is 8.28. The zero-order valence-electron chi connectivity index (χ0n) is 14.9. The summed E-state index contributed by atoms with van der Waals surface area (Å²) in [5.74, 6) is 0.255. The minimum atomic E-state index is -0.322. The zero-order chi connectivity index (χ0) is 17.0. The number of benzene rings is 1. The first kappa shape index (κ1) is 17.7. The molecular weight excluding hydrogens is 286 g/mol. The van der Waals surface area contributed by atoms with Crippen molar-refractivity contribution in [3.8, 4) is 11.3 Å². The molecule has 1 atom stereocenters. The van der Waals surface area contributed by atoms with E-state index >= 15 is 0 Å². The van der Waals surface area contributed by atoms with Gasteiger partial charge in [0.2, 0.25) is 0 Å². The third-order valence-corrected chi connectivity index (χ3v) is 4.28. The molecule has 0 saturated heterocycles. The number of hydrogen-bond acceptors (Lipinski definition) is 3. The molecule has 0 saturated carbocycles. The van der Waals surface area contributed by atoms with E-state index in [0.29, 0.717) is 0 Å². The van der Waals surface area contributed by atoms with Crippen LogP contribution >= 0.6 is 0 Å². The summed E-state index contributed by atoms with van der Waals surface area (Å²) in [6.45, 7) is 9.82. The smallest absolute Gasteiger partial charge is 0.0967 e. The van der Waals surface area contributed by atoms with E-state index in [4.69, 9.17) is 0 Å². The van der Waals surface area contributed by atoms with E-state index in [9.17, 15) is 5.11 Å². The number of aliphatic hydroxyl groups excluding tert-OH is 1. The van der Waals surface area contributed by atoms with Gasteiger partial charge in [-0.2, -0.15) is 5.10 Å². The molecule has 1 heterocycles. The summed E-state index contributed by atoms with van der Waals surface area (Å²) in [7, 11) is 1.95. The topological polar surface area (TPSA) is 50.1 Å².